The molecule has 2 aromatic rings. The number of carbonyl (C=O) groups is 2. The maximum Gasteiger partial charge on any atom is 0.328 e. The van der Waals surface area contributed by atoms with Crippen molar-refractivity contribution in [2.45, 2.75) is 6.92 Å². The second-order valence-corrected chi connectivity index (χ2v) is 5.40. The number of amides is 1. The number of thiazole rings is 1. The summed E-state index contributed by atoms with van der Waals surface area (Å²) in [6.45, 7) is 1.85. The Morgan fingerprint density at radius 3 is 2.84 bits per heavy atom. The number of aromatic nitrogens is 1. The Morgan fingerprint density at radius 1 is 1.42 bits per heavy atom. The molecule has 0 aromatic carbocycles. The Labute approximate surface area is 117 Å². The topological polar surface area (TPSA) is 79.3 Å². The number of carboxylic acids is 1. The van der Waals surface area contributed by atoms with Gasteiger partial charge in [0.05, 0.1) is 10.6 Å². The van der Waals surface area contributed by atoms with E-state index in [9.17, 15) is 9.59 Å². The van der Waals surface area contributed by atoms with Gasteiger partial charge in [-0.25, -0.2) is 9.78 Å². The van der Waals surface area contributed by atoms with Crippen LogP contribution in [0.2, 0.25) is 0 Å². The zero-order valence-corrected chi connectivity index (χ0v) is 11.5. The summed E-state index contributed by atoms with van der Waals surface area (Å²) in [5.74, 6) is -1.33. The zero-order valence-electron chi connectivity index (χ0n) is 9.91. The summed E-state index contributed by atoms with van der Waals surface area (Å²) < 4.78 is 0. The first kappa shape index (κ1) is 13.4. The van der Waals surface area contributed by atoms with Crippen LogP contribution in [0.1, 0.15) is 20.9 Å². The molecule has 19 heavy (non-hydrogen) atoms. The quantitative estimate of drug-likeness (QED) is 0.850. The van der Waals surface area contributed by atoms with Gasteiger partial charge in [-0.2, -0.15) is 0 Å². The predicted molar refractivity (Wildman–Crippen MR) is 75.8 cm³/mol. The Kier molecular flexibility index (Phi) is 4.08. The number of rotatable bonds is 4. The van der Waals surface area contributed by atoms with Gasteiger partial charge >= 0.3 is 5.97 Å². The average molecular weight is 294 g/mol. The Hall–Kier alpha value is -1.99. The van der Waals surface area contributed by atoms with Gasteiger partial charge in [0.25, 0.3) is 5.91 Å². The van der Waals surface area contributed by atoms with E-state index in [0.29, 0.717) is 15.6 Å². The van der Waals surface area contributed by atoms with Crippen LogP contribution in [0.15, 0.2) is 22.9 Å². The van der Waals surface area contributed by atoms with E-state index in [1.54, 1.807) is 11.4 Å². The molecule has 0 radical (unpaired) electrons. The summed E-state index contributed by atoms with van der Waals surface area (Å²) in [4.78, 5) is 27.1. The number of carbonyl (C=O) groups excluding carboxylic acids is 1. The van der Waals surface area contributed by atoms with Crippen LogP contribution in [0.5, 0.6) is 0 Å². The molecule has 7 heteroatoms. The molecule has 0 spiro atoms. The van der Waals surface area contributed by atoms with Crippen LogP contribution < -0.4 is 5.32 Å². The second-order valence-electron chi connectivity index (χ2n) is 3.62. The lowest BCUT2D eigenvalue weighted by Crippen LogP contribution is -2.11. The molecule has 0 aliphatic rings. The molecule has 0 aliphatic carbocycles. The molecule has 0 unspecified atom stereocenters. The maximum absolute atomic E-state index is 12.0. The van der Waals surface area contributed by atoms with E-state index in [2.05, 4.69) is 10.3 Å². The molecule has 0 fully saturated rings. The summed E-state index contributed by atoms with van der Waals surface area (Å²) >= 11 is 2.60. The van der Waals surface area contributed by atoms with Gasteiger partial charge in [-0.05, 0) is 30.0 Å². The van der Waals surface area contributed by atoms with Crippen LogP contribution >= 0.6 is 22.7 Å². The molecular formula is C12H10N2O3S2. The van der Waals surface area contributed by atoms with Crippen molar-refractivity contribution in [3.63, 3.8) is 0 Å². The van der Waals surface area contributed by atoms with Crippen molar-refractivity contribution in [2.24, 2.45) is 0 Å². The van der Waals surface area contributed by atoms with Crippen LogP contribution in [-0.4, -0.2) is 22.0 Å². The number of aryl methyl sites for hydroxylation is 1. The highest BCUT2D eigenvalue weighted by atomic mass is 32.1. The monoisotopic (exact) mass is 294 g/mol. The smallest absolute Gasteiger partial charge is 0.328 e. The minimum absolute atomic E-state index is 0.283. The van der Waals surface area contributed by atoms with Crippen molar-refractivity contribution in [2.75, 3.05) is 5.32 Å². The molecule has 2 N–H and O–H groups in total. The van der Waals surface area contributed by atoms with Crippen molar-refractivity contribution in [3.05, 3.63) is 39.0 Å². The third-order valence-electron chi connectivity index (χ3n) is 2.15. The molecule has 2 aromatic heterocycles. The summed E-state index contributed by atoms with van der Waals surface area (Å²) in [6, 6.07) is 1.70. The van der Waals surface area contributed by atoms with Crippen LogP contribution in [0.3, 0.4) is 0 Å². The lowest BCUT2D eigenvalue weighted by atomic mass is 10.2. The Balaban J connectivity index is 2.15. The van der Waals surface area contributed by atoms with Crippen LogP contribution in [-0.2, 0) is 4.79 Å². The largest absolute Gasteiger partial charge is 0.478 e. The predicted octanol–water partition coefficient (Wildman–Crippen LogP) is 2.86. The summed E-state index contributed by atoms with van der Waals surface area (Å²) in [5, 5.41) is 15.4. The van der Waals surface area contributed by atoms with Gasteiger partial charge in [-0.1, -0.05) is 0 Å². The van der Waals surface area contributed by atoms with E-state index in [4.69, 9.17) is 5.11 Å². The van der Waals surface area contributed by atoms with Crippen LogP contribution in [0, 0.1) is 6.92 Å². The van der Waals surface area contributed by atoms with Crippen LogP contribution in [0.4, 0.5) is 5.13 Å². The van der Waals surface area contributed by atoms with Crippen molar-refractivity contribution in [1.29, 1.82) is 0 Å². The number of nitrogens with one attached hydrogen (secondary N) is 1. The second kappa shape index (κ2) is 5.77. The summed E-state index contributed by atoms with van der Waals surface area (Å²) in [6.07, 6.45) is 2.41. The molecule has 2 heterocycles. The van der Waals surface area contributed by atoms with Crippen molar-refractivity contribution in [3.8, 4) is 0 Å². The van der Waals surface area contributed by atoms with Gasteiger partial charge in [0, 0.05) is 11.5 Å². The number of nitrogens with zero attached hydrogens (tertiary/aromatic N) is 1. The molecule has 1 amide bonds. The average Bonchev–Trinajstić information content (AvgIpc) is 2.95. The van der Waals surface area contributed by atoms with Crippen molar-refractivity contribution in [1.82, 2.24) is 4.98 Å². The van der Waals surface area contributed by atoms with Crippen molar-refractivity contribution < 1.29 is 14.7 Å². The number of thiophene rings is 1. The first-order chi connectivity index (χ1) is 9.06. The lowest BCUT2D eigenvalue weighted by molar-refractivity contribution is -0.131. The molecule has 0 saturated heterocycles. The standard InChI is InChI=1S/C12H10N2O3S2/c1-7-6-19-12(13-7)14-11(17)10-8(4-5-18-10)2-3-9(15)16/h2-6H,1H3,(H,15,16)(H,13,14,17)/b3-2+. The molecule has 98 valence electrons. The zero-order chi connectivity index (χ0) is 13.8. The summed E-state index contributed by atoms with van der Waals surface area (Å²) in [7, 11) is 0. The first-order valence-electron chi connectivity index (χ1n) is 5.28. The van der Waals surface area contributed by atoms with E-state index in [-0.39, 0.29) is 5.91 Å². The normalized spacial score (nSPS) is 10.8. The van der Waals surface area contributed by atoms with Gasteiger partial charge in [0.1, 0.15) is 0 Å². The fourth-order valence-electron chi connectivity index (χ4n) is 1.36. The number of carboxylic acid groups (broad SMARTS) is 1. The minimum atomic E-state index is -1.05. The molecule has 0 aliphatic heterocycles. The van der Waals surface area contributed by atoms with E-state index < -0.39 is 5.97 Å². The third-order valence-corrected chi connectivity index (χ3v) is 3.95. The van der Waals surface area contributed by atoms with E-state index in [0.717, 1.165) is 11.8 Å². The molecule has 5 nitrogen and oxygen atoms in total. The SMILES string of the molecule is Cc1csc(NC(=O)c2sccc2/C=C/C(=O)O)n1. The number of anilines is 1. The van der Waals surface area contributed by atoms with Gasteiger partial charge in [0.15, 0.2) is 5.13 Å². The van der Waals surface area contributed by atoms with Crippen molar-refractivity contribution >= 4 is 45.8 Å². The fraction of sp³-hybridized carbons (Fsp3) is 0.0833. The van der Waals surface area contributed by atoms with E-state index in [1.165, 1.54) is 28.7 Å². The Morgan fingerprint density at radius 2 is 2.21 bits per heavy atom. The molecule has 0 bridgehead atoms. The Bertz CT molecular complexity index is 643. The van der Waals surface area contributed by atoms with Gasteiger partial charge in [-0.15, -0.1) is 22.7 Å². The van der Waals surface area contributed by atoms with Gasteiger partial charge in [0.2, 0.25) is 0 Å². The molecule has 2 rings (SSSR count). The highest BCUT2D eigenvalue weighted by molar-refractivity contribution is 7.14. The number of hydrogen-bond donors (Lipinski definition) is 2. The fourth-order valence-corrected chi connectivity index (χ4v) is 2.83. The maximum atomic E-state index is 12.0. The van der Waals surface area contributed by atoms with Gasteiger partial charge < -0.3 is 5.11 Å². The molecule has 0 saturated carbocycles. The van der Waals surface area contributed by atoms with E-state index in [1.807, 2.05) is 12.3 Å². The number of hydrogen-bond acceptors (Lipinski definition) is 5. The van der Waals surface area contributed by atoms with E-state index >= 15 is 0 Å². The lowest BCUT2D eigenvalue weighted by Gasteiger charge is -2.00. The first-order valence-corrected chi connectivity index (χ1v) is 7.04. The minimum Gasteiger partial charge on any atom is -0.478 e. The van der Waals surface area contributed by atoms with Gasteiger partial charge in [-0.3, -0.25) is 10.1 Å². The number of aliphatic carboxylic acids is 1. The third kappa shape index (κ3) is 3.49. The highest BCUT2D eigenvalue weighted by Gasteiger charge is 2.13. The highest BCUT2D eigenvalue weighted by Crippen LogP contribution is 2.21. The molecular weight excluding hydrogens is 284 g/mol. The summed E-state index contributed by atoms with van der Waals surface area (Å²) in [5.41, 5.74) is 1.43. The van der Waals surface area contributed by atoms with Crippen LogP contribution in [0.25, 0.3) is 6.08 Å². The molecule has 0 atom stereocenters.